The fourth-order valence-corrected chi connectivity index (χ4v) is 4.83. The Balaban J connectivity index is 1.57. The summed E-state index contributed by atoms with van der Waals surface area (Å²) in [5.41, 5.74) is 5.22. The number of carbonyl (C=O) groups is 1. The molecule has 1 heterocycles. The molecule has 0 unspecified atom stereocenters. The summed E-state index contributed by atoms with van der Waals surface area (Å²) in [6.45, 7) is 4.20. The van der Waals surface area contributed by atoms with E-state index in [2.05, 4.69) is 53.6 Å². The van der Waals surface area contributed by atoms with Crippen LogP contribution in [0.4, 0.5) is 5.69 Å². The van der Waals surface area contributed by atoms with Gasteiger partial charge in [0.25, 0.3) is 0 Å². The number of rotatable bonds is 9. The van der Waals surface area contributed by atoms with E-state index in [1.54, 1.807) is 0 Å². The van der Waals surface area contributed by atoms with Gasteiger partial charge in [-0.2, -0.15) is 0 Å². The zero-order chi connectivity index (χ0) is 23.9. The summed E-state index contributed by atoms with van der Waals surface area (Å²) < 4.78 is 1.98. The van der Waals surface area contributed by atoms with Crippen molar-refractivity contribution < 1.29 is 4.79 Å². The molecule has 1 N–H and O–H groups in total. The Labute approximate surface area is 209 Å². The van der Waals surface area contributed by atoms with Crippen LogP contribution in [0.1, 0.15) is 36.4 Å². The zero-order valence-corrected chi connectivity index (χ0v) is 20.9. The predicted molar refractivity (Wildman–Crippen MR) is 140 cm³/mol. The van der Waals surface area contributed by atoms with Crippen LogP contribution in [0, 0.1) is 0 Å². The molecule has 0 aliphatic heterocycles. The van der Waals surface area contributed by atoms with Crippen LogP contribution in [0.5, 0.6) is 0 Å². The molecule has 0 saturated carbocycles. The van der Waals surface area contributed by atoms with Crippen molar-refractivity contribution in [2.45, 2.75) is 38.3 Å². The van der Waals surface area contributed by atoms with E-state index in [0.717, 1.165) is 46.7 Å². The molecule has 4 aromatic rings. The van der Waals surface area contributed by atoms with E-state index < -0.39 is 0 Å². The summed E-state index contributed by atoms with van der Waals surface area (Å²) >= 11 is 7.64. The Hall–Kier alpha value is -3.09. The van der Waals surface area contributed by atoms with Crippen LogP contribution in [0.25, 0.3) is 5.69 Å². The molecule has 0 bridgehead atoms. The van der Waals surface area contributed by atoms with Gasteiger partial charge in [0.05, 0.1) is 11.4 Å². The number of thioether (sulfide) groups is 1. The van der Waals surface area contributed by atoms with Gasteiger partial charge in [0.15, 0.2) is 5.16 Å². The molecule has 7 heteroatoms. The first-order valence-corrected chi connectivity index (χ1v) is 12.7. The summed E-state index contributed by atoms with van der Waals surface area (Å²) in [7, 11) is 0. The van der Waals surface area contributed by atoms with Crippen LogP contribution in [-0.2, 0) is 24.1 Å². The third-order valence-corrected chi connectivity index (χ3v) is 6.73. The normalized spacial score (nSPS) is 10.9. The summed E-state index contributed by atoms with van der Waals surface area (Å²) in [6, 6.07) is 23.9. The van der Waals surface area contributed by atoms with Gasteiger partial charge in [-0.05, 0) is 47.7 Å². The molecular weight excluding hydrogens is 464 g/mol. The average molecular weight is 491 g/mol. The molecule has 0 aliphatic rings. The SMILES string of the molecule is CCc1cccc(CC)c1NC(=O)CSc1nnc(Cc2ccccc2)n1-c1cccc(Cl)c1. The van der Waals surface area contributed by atoms with Crippen LogP contribution in [-0.4, -0.2) is 26.4 Å². The molecular formula is C27H27ClN4OS. The van der Waals surface area contributed by atoms with Gasteiger partial charge in [-0.15, -0.1) is 10.2 Å². The third-order valence-electron chi connectivity index (χ3n) is 5.57. The first-order valence-electron chi connectivity index (χ1n) is 11.4. The number of aromatic nitrogens is 3. The van der Waals surface area contributed by atoms with Crippen molar-refractivity contribution in [1.82, 2.24) is 14.8 Å². The highest BCUT2D eigenvalue weighted by Gasteiger charge is 2.17. The maximum Gasteiger partial charge on any atom is 0.234 e. The molecule has 0 spiro atoms. The maximum atomic E-state index is 12.9. The molecule has 0 aliphatic carbocycles. The van der Waals surface area contributed by atoms with E-state index in [4.69, 9.17) is 11.6 Å². The molecule has 0 radical (unpaired) electrons. The van der Waals surface area contributed by atoms with Gasteiger partial charge in [-0.3, -0.25) is 9.36 Å². The van der Waals surface area contributed by atoms with Gasteiger partial charge >= 0.3 is 0 Å². The smallest absolute Gasteiger partial charge is 0.234 e. The molecule has 5 nitrogen and oxygen atoms in total. The van der Waals surface area contributed by atoms with Gasteiger partial charge < -0.3 is 5.32 Å². The van der Waals surface area contributed by atoms with E-state index in [1.807, 2.05) is 53.1 Å². The highest BCUT2D eigenvalue weighted by Crippen LogP contribution is 2.27. The minimum atomic E-state index is -0.0640. The van der Waals surface area contributed by atoms with E-state index in [-0.39, 0.29) is 11.7 Å². The molecule has 0 fully saturated rings. The molecule has 0 atom stereocenters. The molecule has 3 aromatic carbocycles. The molecule has 1 amide bonds. The maximum absolute atomic E-state index is 12.9. The highest BCUT2D eigenvalue weighted by molar-refractivity contribution is 7.99. The van der Waals surface area contributed by atoms with Crippen molar-refractivity contribution in [3.63, 3.8) is 0 Å². The third kappa shape index (κ3) is 5.69. The van der Waals surface area contributed by atoms with E-state index in [9.17, 15) is 4.79 Å². The number of aryl methyl sites for hydroxylation is 2. The number of amides is 1. The lowest BCUT2D eigenvalue weighted by Crippen LogP contribution is -2.17. The summed E-state index contributed by atoms with van der Waals surface area (Å²) in [5.74, 6) is 0.956. The largest absolute Gasteiger partial charge is 0.325 e. The molecule has 34 heavy (non-hydrogen) atoms. The van der Waals surface area contributed by atoms with Gasteiger partial charge in [-0.25, -0.2) is 0 Å². The lowest BCUT2D eigenvalue weighted by atomic mass is 10.0. The number of hydrogen-bond donors (Lipinski definition) is 1. The van der Waals surface area contributed by atoms with Gasteiger partial charge in [0, 0.05) is 17.1 Å². The number of halogens is 1. The second-order valence-electron chi connectivity index (χ2n) is 7.87. The molecule has 4 rings (SSSR count). The number of hydrogen-bond acceptors (Lipinski definition) is 4. The van der Waals surface area contributed by atoms with E-state index >= 15 is 0 Å². The number of anilines is 1. The van der Waals surface area contributed by atoms with Crippen LogP contribution >= 0.6 is 23.4 Å². The lowest BCUT2D eigenvalue weighted by molar-refractivity contribution is -0.113. The van der Waals surface area contributed by atoms with Crippen molar-refractivity contribution in [1.29, 1.82) is 0 Å². The number of carbonyl (C=O) groups excluding carboxylic acids is 1. The van der Waals surface area contributed by atoms with Gasteiger partial charge in [-0.1, -0.05) is 91.8 Å². The van der Waals surface area contributed by atoms with Crippen molar-refractivity contribution >= 4 is 35.0 Å². The second-order valence-corrected chi connectivity index (χ2v) is 9.25. The number of nitrogens with zero attached hydrogens (tertiary/aromatic N) is 3. The summed E-state index contributed by atoms with van der Waals surface area (Å²) in [5, 5.41) is 13.3. The monoisotopic (exact) mass is 490 g/mol. The second kappa shape index (κ2) is 11.4. The van der Waals surface area contributed by atoms with Crippen LogP contribution in [0.3, 0.4) is 0 Å². The fraction of sp³-hybridized carbons (Fsp3) is 0.222. The Bertz CT molecular complexity index is 1250. The summed E-state index contributed by atoms with van der Waals surface area (Å²) in [4.78, 5) is 12.9. The van der Waals surface area contributed by atoms with Gasteiger partial charge in [0.2, 0.25) is 5.91 Å². The Morgan fingerprint density at radius 1 is 0.941 bits per heavy atom. The molecule has 174 valence electrons. The zero-order valence-electron chi connectivity index (χ0n) is 19.3. The first kappa shape index (κ1) is 24.0. The molecule has 0 saturated heterocycles. The minimum absolute atomic E-state index is 0.0640. The topological polar surface area (TPSA) is 59.8 Å². The fourth-order valence-electron chi connectivity index (χ4n) is 3.87. The van der Waals surface area contributed by atoms with E-state index in [1.165, 1.54) is 11.8 Å². The average Bonchev–Trinajstić information content (AvgIpc) is 3.25. The highest BCUT2D eigenvalue weighted by atomic mass is 35.5. The lowest BCUT2D eigenvalue weighted by Gasteiger charge is -2.14. The quantitative estimate of drug-likeness (QED) is 0.277. The Kier molecular flexibility index (Phi) is 8.03. The van der Waals surface area contributed by atoms with Crippen LogP contribution in [0.2, 0.25) is 5.02 Å². The van der Waals surface area contributed by atoms with Crippen molar-refractivity contribution in [2.75, 3.05) is 11.1 Å². The van der Waals surface area contributed by atoms with E-state index in [0.29, 0.717) is 16.6 Å². The number of nitrogens with one attached hydrogen (secondary N) is 1. The Morgan fingerprint density at radius 3 is 2.32 bits per heavy atom. The number of benzene rings is 3. The predicted octanol–water partition coefficient (Wildman–Crippen LogP) is 6.37. The number of para-hydroxylation sites is 1. The van der Waals surface area contributed by atoms with Crippen molar-refractivity contribution in [2.24, 2.45) is 0 Å². The van der Waals surface area contributed by atoms with Gasteiger partial charge in [0.1, 0.15) is 5.82 Å². The Morgan fingerprint density at radius 2 is 1.65 bits per heavy atom. The van der Waals surface area contributed by atoms with Crippen LogP contribution < -0.4 is 5.32 Å². The standard InChI is InChI=1S/C27H27ClN4OS/c1-3-20-12-8-13-21(4-2)26(20)29-25(33)18-34-27-31-30-24(16-19-10-6-5-7-11-19)32(27)23-15-9-14-22(28)17-23/h5-15,17H,3-4,16,18H2,1-2H3,(H,29,33). The van der Waals surface area contributed by atoms with Crippen LogP contribution in [0.15, 0.2) is 78.0 Å². The minimum Gasteiger partial charge on any atom is -0.325 e. The first-order chi connectivity index (χ1) is 16.6. The summed E-state index contributed by atoms with van der Waals surface area (Å²) in [6.07, 6.45) is 2.35. The molecule has 1 aromatic heterocycles. The van der Waals surface area contributed by atoms with Crippen molar-refractivity contribution in [3.05, 3.63) is 100 Å². The van der Waals surface area contributed by atoms with Crippen molar-refractivity contribution in [3.8, 4) is 5.69 Å².